The number of rotatable bonds is 7. The van der Waals surface area contributed by atoms with Crippen molar-refractivity contribution in [3.63, 3.8) is 0 Å². The molecule has 0 saturated carbocycles. The molecular formula is C12H22BrN3S. The molecule has 0 aliphatic heterocycles. The fourth-order valence-corrected chi connectivity index (χ4v) is 2.93. The first kappa shape index (κ1) is 15.1. The molecule has 17 heavy (non-hydrogen) atoms. The Morgan fingerprint density at radius 2 is 2.24 bits per heavy atom. The van der Waals surface area contributed by atoms with E-state index in [0.717, 1.165) is 29.8 Å². The highest BCUT2D eigenvalue weighted by atomic mass is 79.9. The molecule has 0 bridgehead atoms. The van der Waals surface area contributed by atoms with Gasteiger partial charge in [0.15, 0.2) is 0 Å². The average molecular weight is 320 g/mol. The van der Waals surface area contributed by atoms with Gasteiger partial charge in [-0.2, -0.15) is 16.9 Å². The number of nitrogens with zero attached hydrogens (tertiary/aromatic N) is 2. The van der Waals surface area contributed by atoms with Crippen molar-refractivity contribution >= 4 is 27.7 Å². The molecule has 0 aliphatic carbocycles. The molecule has 1 aromatic rings. The summed E-state index contributed by atoms with van der Waals surface area (Å²) in [5.74, 6) is 1.92. The van der Waals surface area contributed by atoms with Crippen LogP contribution in [0.15, 0.2) is 4.47 Å². The van der Waals surface area contributed by atoms with E-state index in [9.17, 15) is 0 Å². The average Bonchev–Trinajstić information content (AvgIpc) is 2.57. The standard InChI is InChI=1S/C12H22BrN3S/c1-5-16-11(12(13)10(3)15-16)7-14-6-9(2)8-17-4/h9,14H,5-8H2,1-4H3. The smallest absolute Gasteiger partial charge is 0.0739 e. The number of thioether (sulfide) groups is 1. The van der Waals surface area contributed by atoms with Gasteiger partial charge in [0.2, 0.25) is 0 Å². The van der Waals surface area contributed by atoms with Crippen molar-refractivity contribution in [3.8, 4) is 0 Å². The molecule has 0 aromatic carbocycles. The summed E-state index contributed by atoms with van der Waals surface area (Å²) in [6, 6.07) is 0. The van der Waals surface area contributed by atoms with Crippen LogP contribution in [-0.2, 0) is 13.1 Å². The summed E-state index contributed by atoms with van der Waals surface area (Å²) >= 11 is 5.52. The first-order valence-corrected chi connectivity index (χ1v) is 8.20. The first-order valence-electron chi connectivity index (χ1n) is 6.01. The lowest BCUT2D eigenvalue weighted by Gasteiger charge is -2.12. The minimum Gasteiger partial charge on any atom is -0.311 e. The summed E-state index contributed by atoms with van der Waals surface area (Å²) in [5, 5.41) is 8.00. The predicted molar refractivity (Wildman–Crippen MR) is 79.6 cm³/mol. The lowest BCUT2D eigenvalue weighted by atomic mass is 10.2. The van der Waals surface area contributed by atoms with Gasteiger partial charge in [-0.05, 0) is 54.2 Å². The molecule has 1 atom stereocenters. The highest BCUT2D eigenvalue weighted by Gasteiger charge is 2.11. The summed E-state index contributed by atoms with van der Waals surface area (Å²) < 4.78 is 3.20. The van der Waals surface area contributed by atoms with Gasteiger partial charge in [0.1, 0.15) is 0 Å². The Hall–Kier alpha value is -0.0000000000000000555. The van der Waals surface area contributed by atoms with Gasteiger partial charge in [0, 0.05) is 13.1 Å². The van der Waals surface area contributed by atoms with Crippen molar-refractivity contribution in [2.24, 2.45) is 5.92 Å². The number of halogens is 1. The molecular weight excluding hydrogens is 298 g/mol. The molecule has 0 saturated heterocycles. The van der Waals surface area contributed by atoms with Crippen molar-refractivity contribution in [2.75, 3.05) is 18.6 Å². The Bertz CT molecular complexity index is 352. The molecule has 0 amide bonds. The van der Waals surface area contributed by atoms with Gasteiger partial charge < -0.3 is 5.32 Å². The van der Waals surface area contributed by atoms with E-state index in [2.05, 4.69) is 51.1 Å². The Kier molecular flexibility index (Phi) is 6.59. The minimum atomic E-state index is 0.711. The quantitative estimate of drug-likeness (QED) is 0.837. The zero-order chi connectivity index (χ0) is 12.8. The molecule has 0 radical (unpaired) electrons. The fourth-order valence-electron chi connectivity index (χ4n) is 1.82. The SMILES string of the molecule is CCn1nc(C)c(Br)c1CNCC(C)CSC. The second kappa shape index (κ2) is 7.44. The summed E-state index contributed by atoms with van der Waals surface area (Å²) in [7, 11) is 0. The van der Waals surface area contributed by atoms with Crippen LogP contribution in [-0.4, -0.2) is 28.3 Å². The number of aromatic nitrogens is 2. The summed E-state index contributed by atoms with van der Waals surface area (Å²) in [6.45, 7) is 9.30. The fraction of sp³-hybridized carbons (Fsp3) is 0.750. The molecule has 1 aromatic heterocycles. The second-order valence-corrected chi connectivity index (χ2v) is 6.06. The predicted octanol–water partition coefficient (Wildman–Crippen LogP) is 3.06. The molecule has 3 nitrogen and oxygen atoms in total. The van der Waals surface area contributed by atoms with Crippen LogP contribution in [0.1, 0.15) is 25.2 Å². The Morgan fingerprint density at radius 1 is 1.53 bits per heavy atom. The van der Waals surface area contributed by atoms with Crippen LogP contribution >= 0.6 is 27.7 Å². The summed E-state index contributed by atoms with van der Waals surface area (Å²) in [6.07, 6.45) is 2.16. The molecule has 98 valence electrons. The van der Waals surface area contributed by atoms with Gasteiger partial charge in [-0.1, -0.05) is 6.92 Å². The molecule has 0 spiro atoms. The van der Waals surface area contributed by atoms with Crippen LogP contribution in [0.25, 0.3) is 0 Å². The largest absolute Gasteiger partial charge is 0.311 e. The lowest BCUT2D eigenvalue weighted by molar-refractivity contribution is 0.529. The molecule has 5 heteroatoms. The number of nitrogens with one attached hydrogen (secondary N) is 1. The third kappa shape index (κ3) is 4.30. The van der Waals surface area contributed by atoms with Gasteiger partial charge >= 0.3 is 0 Å². The van der Waals surface area contributed by atoms with Gasteiger partial charge in [0.05, 0.1) is 15.9 Å². The van der Waals surface area contributed by atoms with E-state index in [0.29, 0.717) is 5.92 Å². The topological polar surface area (TPSA) is 29.9 Å². The summed E-state index contributed by atoms with van der Waals surface area (Å²) in [4.78, 5) is 0. The van der Waals surface area contributed by atoms with Gasteiger partial charge in [-0.15, -0.1) is 0 Å². The monoisotopic (exact) mass is 319 g/mol. The highest BCUT2D eigenvalue weighted by Crippen LogP contribution is 2.20. The van der Waals surface area contributed by atoms with Crippen LogP contribution in [0.4, 0.5) is 0 Å². The maximum atomic E-state index is 4.49. The zero-order valence-corrected chi connectivity index (χ0v) is 13.5. The van der Waals surface area contributed by atoms with Crippen LogP contribution in [0.5, 0.6) is 0 Å². The van der Waals surface area contributed by atoms with E-state index in [1.54, 1.807) is 0 Å². The van der Waals surface area contributed by atoms with Crippen molar-refractivity contribution in [3.05, 3.63) is 15.9 Å². The number of hydrogen-bond acceptors (Lipinski definition) is 3. The van der Waals surface area contributed by atoms with Crippen molar-refractivity contribution < 1.29 is 0 Å². The molecule has 0 aliphatic rings. The van der Waals surface area contributed by atoms with E-state index in [1.807, 2.05) is 18.7 Å². The van der Waals surface area contributed by atoms with Crippen LogP contribution in [0, 0.1) is 12.8 Å². The van der Waals surface area contributed by atoms with Crippen molar-refractivity contribution in [1.29, 1.82) is 0 Å². The maximum Gasteiger partial charge on any atom is 0.0739 e. The van der Waals surface area contributed by atoms with E-state index in [4.69, 9.17) is 0 Å². The molecule has 1 heterocycles. The first-order chi connectivity index (χ1) is 8.10. The maximum absolute atomic E-state index is 4.49. The minimum absolute atomic E-state index is 0.711. The van der Waals surface area contributed by atoms with E-state index < -0.39 is 0 Å². The Labute approximate surface area is 117 Å². The van der Waals surface area contributed by atoms with Crippen molar-refractivity contribution in [2.45, 2.75) is 33.9 Å². The van der Waals surface area contributed by atoms with E-state index >= 15 is 0 Å². The normalized spacial score (nSPS) is 13.0. The van der Waals surface area contributed by atoms with Crippen LogP contribution in [0.3, 0.4) is 0 Å². The zero-order valence-electron chi connectivity index (χ0n) is 11.1. The third-order valence-electron chi connectivity index (χ3n) is 2.69. The van der Waals surface area contributed by atoms with Crippen LogP contribution in [0.2, 0.25) is 0 Å². The lowest BCUT2D eigenvalue weighted by Crippen LogP contribution is -2.23. The highest BCUT2D eigenvalue weighted by molar-refractivity contribution is 9.10. The van der Waals surface area contributed by atoms with E-state index in [-0.39, 0.29) is 0 Å². The molecule has 1 rings (SSSR count). The molecule has 1 N–H and O–H groups in total. The number of hydrogen-bond donors (Lipinski definition) is 1. The second-order valence-electron chi connectivity index (χ2n) is 4.35. The van der Waals surface area contributed by atoms with Gasteiger partial charge in [-0.25, -0.2) is 0 Å². The van der Waals surface area contributed by atoms with Crippen molar-refractivity contribution in [1.82, 2.24) is 15.1 Å². The van der Waals surface area contributed by atoms with Gasteiger partial charge in [-0.3, -0.25) is 4.68 Å². The Balaban J connectivity index is 2.51. The molecule has 1 unspecified atom stereocenters. The Morgan fingerprint density at radius 3 is 2.82 bits per heavy atom. The summed E-state index contributed by atoms with van der Waals surface area (Å²) in [5.41, 5.74) is 2.32. The van der Waals surface area contributed by atoms with Gasteiger partial charge in [0.25, 0.3) is 0 Å². The van der Waals surface area contributed by atoms with Crippen LogP contribution < -0.4 is 5.32 Å². The number of aryl methyl sites for hydroxylation is 2. The van der Waals surface area contributed by atoms with E-state index in [1.165, 1.54) is 11.4 Å². The molecule has 0 fully saturated rings. The third-order valence-corrected chi connectivity index (χ3v) is 4.62.